The van der Waals surface area contributed by atoms with Crippen LogP contribution in [0.4, 0.5) is 0 Å². The fraction of sp³-hybridized carbons (Fsp3) is 1.00. The summed E-state index contributed by atoms with van der Waals surface area (Å²) in [5.41, 5.74) is 0. The maximum absolute atomic E-state index is 11.3. The summed E-state index contributed by atoms with van der Waals surface area (Å²) in [6.45, 7) is 3.96. The van der Waals surface area contributed by atoms with Crippen LogP contribution < -0.4 is 0 Å². The van der Waals surface area contributed by atoms with Crippen LogP contribution in [0.15, 0.2) is 0 Å². The highest BCUT2D eigenvalue weighted by Gasteiger charge is 2.22. The first-order valence-electron chi connectivity index (χ1n) is 4.37. The molecule has 0 unspecified atom stereocenters. The van der Waals surface area contributed by atoms with Gasteiger partial charge in [0.05, 0.1) is 12.4 Å². The van der Waals surface area contributed by atoms with Gasteiger partial charge in [-0.25, -0.2) is 0 Å². The minimum absolute atomic E-state index is 0.308. The molecule has 4 heteroatoms. The molecule has 3 nitrogen and oxygen atoms in total. The lowest BCUT2D eigenvalue weighted by Crippen LogP contribution is -2.22. The Morgan fingerprint density at radius 1 is 1.17 bits per heavy atom. The Bertz CT molecular complexity index is 190. The van der Waals surface area contributed by atoms with Crippen LogP contribution in [0.5, 0.6) is 0 Å². The number of hydrogen-bond acceptors (Lipinski definition) is 3. The Kier molecular flexibility index (Phi) is 5.50. The van der Waals surface area contributed by atoms with Crippen molar-refractivity contribution in [1.82, 2.24) is 0 Å². The van der Waals surface area contributed by atoms with E-state index in [1.165, 1.54) is 7.11 Å². The molecule has 0 aromatic carbocycles. The van der Waals surface area contributed by atoms with E-state index < -0.39 is 10.1 Å². The third kappa shape index (κ3) is 3.54. The van der Waals surface area contributed by atoms with Gasteiger partial charge in [0.1, 0.15) is 0 Å². The van der Waals surface area contributed by atoms with Gasteiger partial charge in [-0.3, -0.25) is 4.18 Å². The SMILES string of the molecule is CCCC(CCC)S(=O)(=O)OC. The molecular weight excluding hydrogens is 176 g/mol. The van der Waals surface area contributed by atoms with Crippen molar-refractivity contribution in [3.8, 4) is 0 Å². The van der Waals surface area contributed by atoms with Crippen molar-refractivity contribution in [1.29, 1.82) is 0 Å². The second-order valence-corrected chi connectivity index (χ2v) is 4.84. The van der Waals surface area contributed by atoms with Crippen molar-refractivity contribution in [3.05, 3.63) is 0 Å². The Hall–Kier alpha value is -0.0900. The van der Waals surface area contributed by atoms with Crippen LogP contribution in [0.25, 0.3) is 0 Å². The van der Waals surface area contributed by atoms with E-state index in [4.69, 9.17) is 0 Å². The predicted octanol–water partition coefficient (Wildman–Crippen LogP) is 1.93. The van der Waals surface area contributed by atoms with Gasteiger partial charge in [0.2, 0.25) is 0 Å². The van der Waals surface area contributed by atoms with Crippen molar-refractivity contribution in [2.75, 3.05) is 7.11 Å². The second-order valence-electron chi connectivity index (χ2n) is 2.86. The van der Waals surface area contributed by atoms with E-state index in [9.17, 15) is 8.42 Å². The summed E-state index contributed by atoms with van der Waals surface area (Å²) in [6, 6.07) is 0. The molecule has 0 aromatic rings. The van der Waals surface area contributed by atoms with Crippen molar-refractivity contribution < 1.29 is 12.6 Å². The Labute approximate surface area is 75.2 Å². The third-order valence-electron chi connectivity index (χ3n) is 1.86. The normalized spacial score (nSPS) is 12.3. The van der Waals surface area contributed by atoms with Crippen LogP contribution in [0.2, 0.25) is 0 Å². The quantitative estimate of drug-likeness (QED) is 0.607. The highest BCUT2D eigenvalue weighted by Crippen LogP contribution is 2.15. The van der Waals surface area contributed by atoms with Gasteiger partial charge in [0, 0.05) is 0 Å². The summed E-state index contributed by atoms with van der Waals surface area (Å²) in [5.74, 6) is 0. The monoisotopic (exact) mass is 194 g/mol. The first-order chi connectivity index (χ1) is 5.58. The molecule has 0 spiro atoms. The standard InChI is InChI=1S/C8H18O3S/c1-4-6-8(7-5-2)12(9,10)11-3/h8H,4-7H2,1-3H3. The van der Waals surface area contributed by atoms with Crippen LogP contribution >= 0.6 is 0 Å². The zero-order valence-electron chi connectivity index (χ0n) is 8.04. The Balaban J connectivity index is 4.28. The molecule has 0 aliphatic heterocycles. The highest BCUT2D eigenvalue weighted by atomic mass is 32.2. The molecule has 0 bridgehead atoms. The van der Waals surface area contributed by atoms with E-state index in [0.29, 0.717) is 12.8 Å². The molecule has 0 aliphatic carbocycles. The molecule has 12 heavy (non-hydrogen) atoms. The lowest BCUT2D eigenvalue weighted by Gasteiger charge is -2.13. The Morgan fingerprint density at radius 3 is 1.83 bits per heavy atom. The van der Waals surface area contributed by atoms with Crippen molar-refractivity contribution in [2.24, 2.45) is 0 Å². The summed E-state index contributed by atoms with van der Waals surface area (Å²) in [6.07, 6.45) is 3.16. The number of hydrogen-bond donors (Lipinski definition) is 0. The molecular formula is C8H18O3S. The highest BCUT2D eigenvalue weighted by molar-refractivity contribution is 7.87. The molecule has 0 saturated heterocycles. The smallest absolute Gasteiger partial charge is 0.269 e. The van der Waals surface area contributed by atoms with Crippen molar-refractivity contribution in [2.45, 2.75) is 44.8 Å². The molecule has 0 atom stereocenters. The van der Waals surface area contributed by atoms with Crippen LogP contribution in [0.3, 0.4) is 0 Å². The first kappa shape index (κ1) is 11.9. The first-order valence-corrected chi connectivity index (χ1v) is 5.85. The lowest BCUT2D eigenvalue weighted by molar-refractivity contribution is 0.380. The van der Waals surface area contributed by atoms with E-state index in [1.54, 1.807) is 0 Å². The van der Waals surface area contributed by atoms with Gasteiger partial charge in [-0.15, -0.1) is 0 Å². The predicted molar refractivity (Wildman–Crippen MR) is 49.5 cm³/mol. The molecule has 0 rings (SSSR count). The average Bonchev–Trinajstić information content (AvgIpc) is 2.04. The average molecular weight is 194 g/mol. The minimum atomic E-state index is -3.28. The van der Waals surface area contributed by atoms with E-state index in [0.717, 1.165) is 12.8 Å². The molecule has 0 N–H and O–H groups in total. The maximum atomic E-state index is 11.3. The lowest BCUT2D eigenvalue weighted by atomic mass is 10.2. The molecule has 74 valence electrons. The molecule has 0 heterocycles. The zero-order valence-corrected chi connectivity index (χ0v) is 8.86. The largest absolute Gasteiger partial charge is 0.273 e. The fourth-order valence-electron chi connectivity index (χ4n) is 1.21. The van der Waals surface area contributed by atoms with Crippen molar-refractivity contribution in [3.63, 3.8) is 0 Å². The molecule has 0 radical (unpaired) electrons. The van der Waals surface area contributed by atoms with Crippen LogP contribution in [0, 0.1) is 0 Å². The van der Waals surface area contributed by atoms with Gasteiger partial charge in [-0.1, -0.05) is 26.7 Å². The molecule has 0 amide bonds. The molecule has 0 aliphatic rings. The van der Waals surface area contributed by atoms with Crippen LogP contribution in [-0.2, 0) is 14.3 Å². The van der Waals surface area contributed by atoms with E-state index in [1.807, 2.05) is 13.8 Å². The summed E-state index contributed by atoms with van der Waals surface area (Å²) < 4.78 is 27.0. The summed E-state index contributed by atoms with van der Waals surface area (Å²) in [5, 5.41) is -0.308. The van der Waals surface area contributed by atoms with Gasteiger partial charge in [-0.2, -0.15) is 8.42 Å². The maximum Gasteiger partial charge on any atom is 0.269 e. The van der Waals surface area contributed by atoms with Crippen LogP contribution in [0.1, 0.15) is 39.5 Å². The third-order valence-corrected chi connectivity index (χ3v) is 3.61. The van der Waals surface area contributed by atoms with Crippen molar-refractivity contribution >= 4 is 10.1 Å². The van der Waals surface area contributed by atoms with Gasteiger partial charge in [0.15, 0.2) is 0 Å². The van der Waals surface area contributed by atoms with Gasteiger partial charge in [0.25, 0.3) is 10.1 Å². The molecule has 0 aromatic heterocycles. The summed E-state index contributed by atoms with van der Waals surface area (Å²) in [7, 11) is -2.05. The van der Waals surface area contributed by atoms with E-state index in [-0.39, 0.29) is 5.25 Å². The van der Waals surface area contributed by atoms with Gasteiger partial charge >= 0.3 is 0 Å². The summed E-state index contributed by atoms with van der Waals surface area (Å²) >= 11 is 0. The minimum Gasteiger partial charge on any atom is -0.273 e. The van der Waals surface area contributed by atoms with Gasteiger partial charge in [-0.05, 0) is 12.8 Å². The molecule has 0 fully saturated rings. The summed E-state index contributed by atoms with van der Waals surface area (Å²) in [4.78, 5) is 0. The topological polar surface area (TPSA) is 43.4 Å². The van der Waals surface area contributed by atoms with Gasteiger partial charge < -0.3 is 0 Å². The van der Waals surface area contributed by atoms with E-state index in [2.05, 4.69) is 4.18 Å². The van der Waals surface area contributed by atoms with Crippen LogP contribution in [-0.4, -0.2) is 20.8 Å². The van der Waals surface area contributed by atoms with E-state index >= 15 is 0 Å². The molecule has 0 saturated carbocycles. The second kappa shape index (κ2) is 5.54. The Morgan fingerprint density at radius 2 is 1.58 bits per heavy atom. The number of rotatable bonds is 6. The zero-order chi connectivity index (χ0) is 9.61. The fourth-order valence-corrected chi connectivity index (χ4v) is 2.53.